The first-order chi connectivity index (χ1) is 16.8. The van der Waals surface area contributed by atoms with Crippen molar-refractivity contribution in [1.82, 2.24) is 4.90 Å². The average molecular weight is 473 g/mol. The number of hydrogen-bond acceptors (Lipinski definition) is 5. The number of nitrogens with one attached hydrogen (secondary N) is 1. The molecule has 180 valence electrons. The number of ether oxygens (including phenoxy) is 1. The molecule has 1 saturated heterocycles. The number of benzene rings is 2. The van der Waals surface area contributed by atoms with Gasteiger partial charge in [0.2, 0.25) is 11.8 Å². The Morgan fingerprint density at radius 1 is 0.971 bits per heavy atom. The van der Waals surface area contributed by atoms with E-state index < -0.39 is 36.4 Å². The van der Waals surface area contributed by atoms with Gasteiger partial charge in [-0.3, -0.25) is 19.3 Å². The predicted octanol–water partition coefficient (Wildman–Crippen LogP) is 3.20. The highest BCUT2D eigenvalue weighted by atomic mass is 16.5. The van der Waals surface area contributed by atoms with Crippen LogP contribution in [-0.2, 0) is 30.3 Å². The lowest BCUT2D eigenvalue weighted by Gasteiger charge is -2.26. The molecule has 7 nitrogen and oxygen atoms in total. The highest BCUT2D eigenvalue weighted by Crippen LogP contribution is 2.53. The van der Waals surface area contributed by atoms with Gasteiger partial charge in [-0.2, -0.15) is 0 Å². The molecule has 1 aliphatic heterocycles. The molecule has 7 heteroatoms. The first kappa shape index (κ1) is 23.0. The molecule has 2 bridgehead atoms. The van der Waals surface area contributed by atoms with Crippen LogP contribution >= 0.6 is 0 Å². The van der Waals surface area contributed by atoms with Gasteiger partial charge in [0.05, 0.1) is 11.8 Å². The van der Waals surface area contributed by atoms with Crippen LogP contribution in [0, 0.1) is 37.5 Å². The molecule has 1 saturated carbocycles. The molecule has 35 heavy (non-hydrogen) atoms. The van der Waals surface area contributed by atoms with E-state index in [0.717, 1.165) is 28.0 Å². The molecule has 1 heterocycles. The molecule has 5 atom stereocenters. The smallest absolute Gasteiger partial charge is 0.330 e. The van der Waals surface area contributed by atoms with E-state index in [1.54, 1.807) is 0 Å². The number of likely N-dealkylation sites (tertiary alicyclic amines) is 1. The van der Waals surface area contributed by atoms with Gasteiger partial charge in [-0.1, -0.05) is 48.6 Å². The Bertz CT molecular complexity index is 1170. The van der Waals surface area contributed by atoms with Gasteiger partial charge in [0.1, 0.15) is 6.04 Å². The number of anilines is 1. The number of allylic oxidation sites excluding steroid dienone is 2. The van der Waals surface area contributed by atoms with Gasteiger partial charge in [-0.15, -0.1) is 0 Å². The summed E-state index contributed by atoms with van der Waals surface area (Å²) in [6, 6.07) is 13.7. The summed E-state index contributed by atoms with van der Waals surface area (Å²) in [6.07, 6.45) is 4.98. The lowest BCUT2D eigenvalue weighted by Crippen LogP contribution is -2.48. The molecule has 1 N–H and O–H groups in total. The fourth-order valence-corrected chi connectivity index (χ4v) is 5.83. The molecule has 5 rings (SSSR count). The molecule has 2 aliphatic carbocycles. The molecule has 2 fully saturated rings. The van der Waals surface area contributed by atoms with Crippen LogP contribution in [0.15, 0.2) is 60.7 Å². The minimum atomic E-state index is -1.11. The normalized spacial score (nSPS) is 25.0. The Labute approximate surface area is 204 Å². The van der Waals surface area contributed by atoms with Crippen molar-refractivity contribution in [3.63, 3.8) is 0 Å². The summed E-state index contributed by atoms with van der Waals surface area (Å²) in [5.74, 6) is -2.59. The second-order valence-corrected chi connectivity index (χ2v) is 9.78. The maximum atomic E-state index is 13.4. The van der Waals surface area contributed by atoms with Crippen LogP contribution in [0.5, 0.6) is 0 Å². The summed E-state index contributed by atoms with van der Waals surface area (Å²) in [7, 11) is 0. The van der Waals surface area contributed by atoms with E-state index in [4.69, 9.17) is 4.74 Å². The number of imide groups is 1. The van der Waals surface area contributed by atoms with E-state index in [-0.39, 0.29) is 30.1 Å². The molecule has 0 unspecified atom stereocenters. The van der Waals surface area contributed by atoms with Crippen molar-refractivity contribution in [2.45, 2.75) is 32.7 Å². The van der Waals surface area contributed by atoms with Crippen LogP contribution in [-0.4, -0.2) is 41.2 Å². The third-order valence-corrected chi connectivity index (χ3v) is 7.21. The molecule has 2 aromatic rings. The molecule has 2 aromatic carbocycles. The van der Waals surface area contributed by atoms with Crippen molar-refractivity contribution in [2.75, 3.05) is 11.9 Å². The van der Waals surface area contributed by atoms with Gasteiger partial charge in [-0.25, -0.2) is 4.79 Å². The Kier molecular flexibility index (Phi) is 6.01. The van der Waals surface area contributed by atoms with Crippen molar-refractivity contribution in [3.05, 3.63) is 77.4 Å². The standard InChI is InChI=1S/C28H28N2O5/c1-16-10-17(2)12-21(11-16)29-23(31)15-35-28(34)22(13-18-6-4-3-5-7-18)30-26(32)24-19-8-9-20(14-19)25(24)27(30)33/h3-12,19-20,22,24-25H,13-15H2,1-2H3,(H,29,31)/t19-,20-,22-,24-,25-/m0/s1. The van der Waals surface area contributed by atoms with E-state index in [2.05, 4.69) is 5.32 Å². The number of aryl methyl sites for hydroxylation is 2. The van der Waals surface area contributed by atoms with Gasteiger partial charge in [0.25, 0.3) is 5.91 Å². The first-order valence-corrected chi connectivity index (χ1v) is 12.0. The SMILES string of the molecule is Cc1cc(C)cc(NC(=O)COC(=O)[C@H](Cc2ccccc2)N2C(=O)[C@@H]3[C@@H](C2=O)[C@H]2C=C[C@H]3C2)c1. The molecule has 3 aliphatic rings. The van der Waals surface area contributed by atoms with Crippen LogP contribution in [0.2, 0.25) is 0 Å². The Morgan fingerprint density at radius 3 is 2.17 bits per heavy atom. The van der Waals surface area contributed by atoms with Crippen LogP contribution in [0.1, 0.15) is 23.1 Å². The number of rotatable bonds is 7. The van der Waals surface area contributed by atoms with E-state index >= 15 is 0 Å². The summed E-state index contributed by atoms with van der Waals surface area (Å²) in [6.45, 7) is 3.35. The van der Waals surface area contributed by atoms with Gasteiger partial charge in [-0.05, 0) is 60.9 Å². The summed E-state index contributed by atoms with van der Waals surface area (Å²) in [4.78, 5) is 53.5. The third-order valence-electron chi connectivity index (χ3n) is 7.21. The largest absolute Gasteiger partial charge is 0.454 e. The van der Waals surface area contributed by atoms with Gasteiger partial charge in [0, 0.05) is 12.1 Å². The lowest BCUT2D eigenvalue weighted by atomic mass is 9.85. The zero-order valence-electron chi connectivity index (χ0n) is 19.8. The van der Waals surface area contributed by atoms with Crippen LogP contribution in [0.4, 0.5) is 5.69 Å². The Hall–Kier alpha value is -3.74. The van der Waals surface area contributed by atoms with Crippen LogP contribution in [0.25, 0.3) is 0 Å². The lowest BCUT2D eigenvalue weighted by molar-refractivity contribution is -0.160. The summed E-state index contributed by atoms with van der Waals surface area (Å²) < 4.78 is 5.36. The number of carbonyl (C=O) groups excluding carboxylic acids is 4. The van der Waals surface area contributed by atoms with E-state index in [1.165, 1.54) is 0 Å². The first-order valence-electron chi connectivity index (χ1n) is 12.0. The molecule has 0 spiro atoms. The fraction of sp³-hybridized carbons (Fsp3) is 0.357. The zero-order valence-corrected chi connectivity index (χ0v) is 19.8. The highest BCUT2D eigenvalue weighted by Gasteiger charge is 2.61. The molecular formula is C28H28N2O5. The van der Waals surface area contributed by atoms with E-state index in [1.807, 2.05) is 74.5 Å². The van der Waals surface area contributed by atoms with Crippen molar-refractivity contribution in [3.8, 4) is 0 Å². The maximum Gasteiger partial charge on any atom is 0.330 e. The summed E-state index contributed by atoms with van der Waals surface area (Å²) in [5, 5.41) is 2.74. The topological polar surface area (TPSA) is 92.8 Å². The number of esters is 1. The van der Waals surface area contributed by atoms with E-state index in [9.17, 15) is 19.2 Å². The zero-order chi connectivity index (χ0) is 24.7. The summed E-state index contributed by atoms with van der Waals surface area (Å²) in [5.41, 5.74) is 3.42. The van der Waals surface area contributed by atoms with Crippen molar-refractivity contribution in [1.29, 1.82) is 0 Å². The molecular weight excluding hydrogens is 444 g/mol. The summed E-state index contributed by atoms with van der Waals surface area (Å²) >= 11 is 0. The van der Waals surface area contributed by atoms with Gasteiger partial charge < -0.3 is 10.1 Å². The quantitative estimate of drug-likeness (QED) is 0.380. The minimum Gasteiger partial charge on any atom is -0.454 e. The van der Waals surface area contributed by atoms with Gasteiger partial charge in [0.15, 0.2) is 6.61 Å². The monoisotopic (exact) mass is 472 g/mol. The number of fused-ring (bicyclic) bond motifs is 5. The predicted molar refractivity (Wildman–Crippen MR) is 129 cm³/mol. The number of amides is 3. The van der Waals surface area contributed by atoms with Crippen molar-refractivity contribution >= 4 is 29.4 Å². The highest BCUT2D eigenvalue weighted by molar-refractivity contribution is 6.09. The fourth-order valence-electron chi connectivity index (χ4n) is 5.83. The second-order valence-electron chi connectivity index (χ2n) is 9.78. The van der Waals surface area contributed by atoms with Crippen molar-refractivity contribution in [2.24, 2.45) is 23.7 Å². The van der Waals surface area contributed by atoms with Gasteiger partial charge >= 0.3 is 5.97 Å². The minimum absolute atomic E-state index is 0.0448. The average Bonchev–Trinajstić information content (AvgIpc) is 3.50. The Balaban J connectivity index is 1.32. The van der Waals surface area contributed by atoms with E-state index in [0.29, 0.717) is 5.69 Å². The maximum absolute atomic E-state index is 13.4. The Morgan fingerprint density at radius 2 is 1.57 bits per heavy atom. The number of hydrogen-bond donors (Lipinski definition) is 1. The second kappa shape index (κ2) is 9.13. The van der Waals surface area contributed by atoms with Crippen molar-refractivity contribution < 1.29 is 23.9 Å². The van der Waals surface area contributed by atoms with Crippen LogP contribution in [0.3, 0.4) is 0 Å². The van der Waals surface area contributed by atoms with Crippen LogP contribution < -0.4 is 5.32 Å². The number of nitrogens with zero attached hydrogens (tertiary/aromatic N) is 1. The molecule has 3 amide bonds. The molecule has 0 aromatic heterocycles. The number of carbonyl (C=O) groups is 4. The third kappa shape index (κ3) is 4.38. The molecule has 0 radical (unpaired) electrons.